The van der Waals surface area contributed by atoms with Crippen LogP contribution in [-0.4, -0.2) is 19.9 Å². The minimum absolute atomic E-state index is 0. The summed E-state index contributed by atoms with van der Waals surface area (Å²) in [4.78, 5) is 18.5. The predicted octanol–water partition coefficient (Wildman–Crippen LogP) is 13.1. The number of hydrogen-bond donors (Lipinski definition) is 0. The standard InChI is InChI=1S/C55H37F2N4O.Ir/c1-35-9-25-49-48-7-4-8-50(54(48)62-55(49)61-35)53-28-20-42(34-60-53)46-5-2-3-6-47(46)43-30-38(12-10-36-14-26-51(58-32-36)40-16-21-44(56)22-17-40)29-39(31-43)13-11-37-15-27-52(59-33-37)41-18-23-45(57)24-19-41;/h2-7,9,14-16,18,20-34H,10-13H2,1H3;/q-3;+3/i1D3;. The van der Waals surface area contributed by atoms with E-state index in [1.165, 1.54) is 41.5 Å². The number of halogens is 2. The van der Waals surface area contributed by atoms with Crippen LogP contribution < -0.4 is 0 Å². The van der Waals surface area contributed by atoms with Crippen molar-refractivity contribution < 1.29 is 37.4 Å². The molecule has 0 fully saturated rings. The number of aryl methyl sites for hydroxylation is 5. The van der Waals surface area contributed by atoms with Crippen molar-refractivity contribution in [1.82, 2.24) is 19.9 Å². The van der Waals surface area contributed by atoms with Gasteiger partial charge in [-0.1, -0.05) is 89.8 Å². The van der Waals surface area contributed by atoms with Crippen LogP contribution in [0.1, 0.15) is 32.1 Å². The molecule has 0 amide bonds. The van der Waals surface area contributed by atoms with Crippen LogP contribution in [-0.2, 0) is 45.8 Å². The molecule has 0 saturated carbocycles. The number of rotatable bonds is 11. The molecular weight excluding hydrogens is 963 g/mol. The first kappa shape index (κ1) is 37.7. The van der Waals surface area contributed by atoms with Crippen molar-refractivity contribution in [2.24, 2.45) is 0 Å². The first-order chi connectivity index (χ1) is 31.6. The van der Waals surface area contributed by atoms with Crippen LogP contribution in [0.5, 0.6) is 0 Å². The van der Waals surface area contributed by atoms with Gasteiger partial charge >= 0.3 is 20.1 Å². The van der Waals surface area contributed by atoms with Crippen LogP contribution in [0.4, 0.5) is 8.78 Å². The Morgan fingerprint density at radius 1 is 0.556 bits per heavy atom. The second-order valence-electron chi connectivity index (χ2n) is 15.2. The number of pyridine rings is 4. The molecule has 0 spiro atoms. The molecule has 5 aromatic carbocycles. The van der Waals surface area contributed by atoms with Crippen molar-refractivity contribution in [2.45, 2.75) is 32.5 Å². The molecular formula is C55H37F2IrN4O. The van der Waals surface area contributed by atoms with Crippen LogP contribution in [0.2, 0.25) is 0 Å². The molecule has 10 rings (SSSR count). The van der Waals surface area contributed by atoms with E-state index in [2.05, 4.69) is 75.6 Å². The average molecular weight is 1000 g/mol. The Hall–Kier alpha value is -6.99. The zero-order valence-corrected chi connectivity index (χ0v) is 36.0. The maximum absolute atomic E-state index is 13.5. The van der Waals surface area contributed by atoms with Crippen molar-refractivity contribution >= 4 is 22.1 Å². The van der Waals surface area contributed by atoms with Gasteiger partial charge in [-0.05, 0) is 106 Å². The molecule has 63 heavy (non-hydrogen) atoms. The maximum atomic E-state index is 13.5. The number of furan rings is 1. The first-order valence-corrected chi connectivity index (χ1v) is 20.3. The first-order valence-electron chi connectivity index (χ1n) is 21.8. The van der Waals surface area contributed by atoms with Gasteiger partial charge in [0.2, 0.25) is 5.71 Å². The molecule has 306 valence electrons. The summed E-state index contributed by atoms with van der Waals surface area (Å²) in [5.41, 5.74) is 13.7. The quantitative estimate of drug-likeness (QED) is 0.121. The zero-order chi connectivity index (χ0) is 44.5. The third kappa shape index (κ3) is 9.01. The Bertz CT molecular complexity index is 3190. The Kier molecular flexibility index (Phi) is 10.9. The van der Waals surface area contributed by atoms with Gasteiger partial charge in [-0.3, -0.25) is 8.78 Å². The molecule has 0 aliphatic rings. The molecule has 8 heteroatoms. The number of aromatic nitrogens is 4. The smallest absolute Gasteiger partial charge is 0.486 e. The molecule has 0 unspecified atom stereocenters. The summed E-state index contributed by atoms with van der Waals surface area (Å²) in [6, 6.07) is 52.2. The molecule has 10 aromatic rings. The van der Waals surface area contributed by atoms with E-state index in [0.29, 0.717) is 16.8 Å². The van der Waals surface area contributed by atoms with Crippen molar-refractivity contribution in [2.75, 3.05) is 0 Å². The Morgan fingerprint density at radius 3 is 1.71 bits per heavy atom. The third-order valence-electron chi connectivity index (χ3n) is 11.1. The van der Waals surface area contributed by atoms with Gasteiger partial charge in [0, 0.05) is 45.4 Å². The Morgan fingerprint density at radius 2 is 1.16 bits per heavy atom. The van der Waals surface area contributed by atoms with E-state index in [-0.39, 0.29) is 43.1 Å². The summed E-state index contributed by atoms with van der Waals surface area (Å²) in [5.74, 6) is -0.665. The zero-order valence-electron chi connectivity index (χ0n) is 36.6. The van der Waals surface area contributed by atoms with Gasteiger partial charge in [0.15, 0.2) is 0 Å². The summed E-state index contributed by atoms with van der Waals surface area (Å²) in [6.45, 7) is -2.35. The normalized spacial score (nSPS) is 12.1. The number of nitrogens with zero attached hydrogens (tertiary/aromatic N) is 4. The molecule has 0 N–H and O–H groups in total. The Balaban J connectivity index is 0.00000548. The fraction of sp³-hybridized carbons (Fsp3) is 0.0909. The van der Waals surface area contributed by atoms with Gasteiger partial charge in [-0.15, -0.1) is 77.9 Å². The van der Waals surface area contributed by atoms with E-state index in [4.69, 9.17) is 13.5 Å². The van der Waals surface area contributed by atoms with E-state index in [9.17, 15) is 8.78 Å². The molecule has 5 nitrogen and oxygen atoms in total. The Labute approximate surface area is 382 Å². The minimum atomic E-state index is -2.35. The van der Waals surface area contributed by atoms with Gasteiger partial charge in [0.05, 0.1) is 5.58 Å². The second-order valence-corrected chi connectivity index (χ2v) is 15.2. The van der Waals surface area contributed by atoms with Crippen molar-refractivity contribution in [3.8, 4) is 56.0 Å². The van der Waals surface area contributed by atoms with E-state index in [0.717, 1.165) is 92.4 Å². The summed E-state index contributed by atoms with van der Waals surface area (Å²) < 4.78 is 56.6. The van der Waals surface area contributed by atoms with Crippen LogP contribution in [0, 0.1) is 36.7 Å². The SMILES string of the molecule is [2H]C([2H])([2H])c1ccc2c(n1)oc1c(-c3ccc(-c4ccccc4-c4cc(CCc5ccc(-c6[c-]cc(F)cc6)nc5)cc(CCc5ccc(-c6[c-]cc(F)cc6)nc5)c4)cn3)[c-]ccc12.[Ir+3]. The molecule has 5 aromatic heterocycles. The monoisotopic (exact) mass is 1000 g/mol. The summed E-state index contributed by atoms with van der Waals surface area (Å²) in [6.07, 6.45) is 8.72. The van der Waals surface area contributed by atoms with Crippen molar-refractivity contribution in [3.63, 3.8) is 0 Å². The molecule has 0 radical (unpaired) electrons. The van der Waals surface area contributed by atoms with Crippen LogP contribution in [0.25, 0.3) is 78.1 Å². The van der Waals surface area contributed by atoms with Gasteiger partial charge < -0.3 is 19.4 Å². The predicted molar refractivity (Wildman–Crippen MR) is 241 cm³/mol. The second kappa shape index (κ2) is 18.2. The van der Waals surface area contributed by atoms with Crippen LogP contribution >= 0.6 is 0 Å². The van der Waals surface area contributed by atoms with Crippen LogP contribution in [0.3, 0.4) is 0 Å². The van der Waals surface area contributed by atoms with E-state index in [1.54, 1.807) is 18.2 Å². The third-order valence-corrected chi connectivity index (χ3v) is 11.1. The fourth-order valence-electron chi connectivity index (χ4n) is 7.88. The maximum Gasteiger partial charge on any atom is 3.00 e. The molecule has 0 atom stereocenters. The topological polar surface area (TPSA) is 64.7 Å². The van der Waals surface area contributed by atoms with Crippen LogP contribution in [0.15, 0.2) is 163 Å². The number of fused-ring (bicyclic) bond motifs is 3. The van der Waals surface area contributed by atoms with Crippen molar-refractivity contribution in [1.29, 1.82) is 0 Å². The summed E-state index contributed by atoms with van der Waals surface area (Å²) in [7, 11) is 0. The van der Waals surface area contributed by atoms with Crippen molar-refractivity contribution in [3.05, 3.63) is 216 Å². The summed E-state index contributed by atoms with van der Waals surface area (Å²) in [5, 5.41) is 1.53. The largest absolute Gasteiger partial charge is 3.00 e. The number of benzene rings is 5. The van der Waals surface area contributed by atoms with E-state index < -0.39 is 6.85 Å². The molecule has 5 heterocycles. The van der Waals surface area contributed by atoms with Gasteiger partial charge in [0.25, 0.3) is 0 Å². The fourth-order valence-corrected chi connectivity index (χ4v) is 7.88. The number of hydrogen-bond acceptors (Lipinski definition) is 5. The minimum Gasteiger partial charge on any atom is -0.486 e. The van der Waals surface area contributed by atoms with E-state index >= 15 is 0 Å². The summed E-state index contributed by atoms with van der Waals surface area (Å²) >= 11 is 0. The van der Waals surface area contributed by atoms with Gasteiger partial charge in [-0.25, -0.2) is 4.98 Å². The molecule has 0 aliphatic carbocycles. The average Bonchev–Trinajstić information content (AvgIpc) is 3.72. The molecule has 0 saturated heterocycles. The van der Waals surface area contributed by atoms with Gasteiger partial charge in [-0.2, -0.15) is 0 Å². The van der Waals surface area contributed by atoms with E-state index in [1.807, 2.05) is 67.1 Å². The van der Waals surface area contributed by atoms with Gasteiger partial charge in [0.1, 0.15) is 0 Å². The molecule has 0 aliphatic heterocycles. The molecule has 0 bridgehead atoms.